The molecular formula is C37H36O5. The first kappa shape index (κ1) is 26.9. The van der Waals surface area contributed by atoms with Crippen molar-refractivity contribution < 1.29 is 23.7 Å². The zero-order valence-electron chi connectivity index (χ0n) is 24.9. The first-order chi connectivity index (χ1) is 20.3. The Morgan fingerprint density at radius 1 is 0.714 bits per heavy atom. The quantitative estimate of drug-likeness (QED) is 0.143. The van der Waals surface area contributed by atoms with Crippen LogP contribution in [0.3, 0.4) is 0 Å². The van der Waals surface area contributed by atoms with E-state index in [-0.39, 0.29) is 18.0 Å². The molecule has 0 aromatic heterocycles. The van der Waals surface area contributed by atoms with Crippen LogP contribution >= 0.6 is 0 Å². The summed E-state index contributed by atoms with van der Waals surface area (Å²) in [7, 11) is 0. The van der Waals surface area contributed by atoms with Gasteiger partial charge in [-0.05, 0) is 96.3 Å². The van der Waals surface area contributed by atoms with Crippen LogP contribution in [0.4, 0.5) is 0 Å². The second kappa shape index (κ2) is 10.1. The zero-order valence-corrected chi connectivity index (χ0v) is 24.9. The van der Waals surface area contributed by atoms with Gasteiger partial charge in [-0.1, -0.05) is 60.7 Å². The largest absolute Gasteiger partial charge is 0.490 e. The van der Waals surface area contributed by atoms with Crippen molar-refractivity contribution in [3.63, 3.8) is 0 Å². The fourth-order valence-electron chi connectivity index (χ4n) is 6.76. The SMILES string of the molecule is CC(=O)c1ccc2c(c1)C(c1cc(C)c(OCC3CO3)c(C)c1)(c1cc(C)c(OCC3CO3)c(C)c1)c1ccccc1-2. The molecule has 3 aliphatic rings. The molecule has 2 unspecified atom stereocenters. The van der Waals surface area contributed by atoms with Gasteiger partial charge in [0.2, 0.25) is 0 Å². The predicted molar refractivity (Wildman–Crippen MR) is 163 cm³/mol. The molecule has 1 aliphatic carbocycles. The summed E-state index contributed by atoms with van der Waals surface area (Å²) >= 11 is 0. The maximum Gasteiger partial charge on any atom is 0.159 e. The number of aryl methyl sites for hydroxylation is 4. The smallest absolute Gasteiger partial charge is 0.159 e. The number of ketones is 1. The van der Waals surface area contributed by atoms with Crippen LogP contribution < -0.4 is 9.47 Å². The highest BCUT2D eigenvalue weighted by atomic mass is 16.6. The molecule has 0 bridgehead atoms. The van der Waals surface area contributed by atoms with E-state index in [1.807, 2.05) is 6.07 Å². The fraction of sp³-hybridized carbons (Fsp3) is 0.324. The summed E-state index contributed by atoms with van der Waals surface area (Å²) in [6.07, 6.45) is 0.373. The minimum Gasteiger partial charge on any atom is -0.490 e. The Morgan fingerprint density at radius 3 is 1.67 bits per heavy atom. The summed E-state index contributed by atoms with van der Waals surface area (Å²) < 4.78 is 23.3. The molecule has 214 valence electrons. The number of ether oxygens (including phenoxy) is 4. The Labute approximate surface area is 247 Å². The molecule has 0 spiro atoms. The number of benzene rings is 4. The van der Waals surface area contributed by atoms with Crippen molar-refractivity contribution in [1.29, 1.82) is 0 Å². The van der Waals surface area contributed by atoms with Crippen molar-refractivity contribution in [1.82, 2.24) is 0 Å². The molecule has 2 heterocycles. The molecule has 4 aromatic rings. The lowest BCUT2D eigenvalue weighted by Gasteiger charge is -2.35. The number of hydrogen-bond acceptors (Lipinski definition) is 5. The predicted octanol–water partition coefficient (Wildman–Crippen LogP) is 7.04. The molecule has 2 saturated heterocycles. The Balaban J connectivity index is 1.49. The highest BCUT2D eigenvalue weighted by Crippen LogP contribution is 2.57. The Bertz CT molecular complexity index is 1610. The van der Waals surface area contributed by atoms with Gasteiger partial charge in [0.1, 0.15) is 36.9 Å². The summed E-state index contributed by atoms with van der Waals surface area (Å²) in [5.41, 5.74) is 11.4. The maximum atomic E-state index is 12.7. The molecule has 0 N–H and O–H groups in total. The van der Waals surface area contributed by atoms with Crippen LogP contribution in [0.2, 0.25) is 0 Å². The van der Waals surface area contributed by atoms with Crippen LogP contribution in [0.25, 0.3) is 11.1 Å². The third-order valence-corrected chi connectivity index (χ3v) is 8.87. The maximum absolute atomic E-state index is 12.7. The zero-order chi connectivity index (χ0) is 29.2. The first-order valence-corrected chi connectivity index (χ1v) is 14.7. The second-order valence-electron chi connectivity index (χ2n) is 12.0. The van der Waals surface area contributed by atoms with E-state index in [0.717, 1.165) is 69.2 Å². The van der Waals surface area contributed by atoms with Crippen molar-refractivity contribution in [2.24, 2.45) is 0 Å². The van der Waals surface area contributed by atoms with Gasteiger partial charge in [-0.25, -0.2) is 0 Å². The average molecular weight is 561 g/mol. The van der Waals surface area contributed by atoms with Crippen molar-refractivity contribution in [3.05, 3.63) is 117 Å². The average Bonchev–Trinajstić information content (AvgIpc) is 3.90. The Morgan fingerprint density at radius 2 is 1.19 bits per heavy atom. The number of rotatable bonds is 9. The molecule has 2 aliphatic heterocycles. The van der Waals surface area contributed by atoms with Crippen molar-refractivity contribution in [3.8, 4) is 22.6 Å². The number of hydrogen-bond donors (Lipinski definition) is 0. The second-order valence-corrected chi connectivity index (χ2v) is 12.0. The standard InChI is InChI=1S/C37H36O5/c1-21-12-27(13-22(2)35(21)41-19-29-17-39-29)37(28-14-23(3)36(24(4)15-28)42-20-30-18-40-30)33-9-7-6-8-31(33)32-11-10-26(25(5)38)16-34(32)37/h6-16,29-30H,17-20H2,1-5H3. The molecule has 0 amide bonds. The van der Waals surface area contributed by atoms with Crippen molar-refractivity contribution in [2.45, 2.75) is 52.2 Å². The molecule has 42 heavy (non-hydrogen) atoms. The molecule has 0 radical (unpaired) electrons. The number of Topliss-reactive ketones (excluding diaryl/α,β-unsaturated/α-hetero) is 1. The molecule has 5 nitrogen and oxygen atoms in total. The van der Waals surface area contributed by atoms with Gasteiger partial charge in [0.25, 0.3) is 0 Å². The summed E-state index contributed by atoms with van der Waals surface area (Å²) in [6.45, 7) is 12.8. The monoisotopic (exact) mass is 560 g/mol. The van der Waals surface area contributed by atoms with E-state index in [1.54, 1.807) is 6.92 Å². The lowest BCUT2D eigenvalue weighted by atomic mass is 9.66. The molecule has 0 saturated carbocycles. The summed E-state index contributed by atoms with van der Waals surface area (Å²) in [4.78, 5) is 12.7. The number of epoxide rings is 2. The van der Waals surface area contributed by atoms with Gasteiger partial charge in [-0.2, -0.15) is 0 Å². The van der Waals surface area contributed by atoms with Gasteiger partial charge in [-0.3, -0.25) is 4.79 Å². The van der Waals surface area contributed by atoms with E-state index >= 15 is 0 Å². The third kappa shape index (κ3) is 4.43. The molecule has 7 rings (SSSR count). The van der Waals surface area contributed by atoms with E-state index in [4.69, 9.17) is 18.9 Å². The highest BCUT2D eigenvalue weighted by molar-refractivity contribution is 5.97. The third-order valence-electron chi connectivity index (χ3n) is 8.87. The Kier molecular flexibility index (Phi) is 6.48. The first-order valence-electron chi connectivity index (χ1n) is 14.7. The van der Waals surface area contributed by atoms with E-state index in [2.05, 4.69) is 88.4 Å². The van der Waals surface area contributed by atoms with Crippen LogP contribution in [-0.4, -0.2) is 44.4 Å². The van der Waals surface area contributed by atoms with Gasteiger partial charge < -0.3 is 18.9 Å². The molecule has 2 fully saturated rings. The lowest BCUT2D eigenvalue weighted by Crippen LogP contribution is -2.29. The lowest BCUT2D eigenvalue weighted by molar-refractivity contribution is 0.101. The van der Waals surface area contributed by atoms with E-state index in [1.165, 1.54) is 11.1 Å². The van der Waals surface area contributed by atoms with Gasteiger partial charge in [-0.15, -0.1) is 0 Å². The number of carbonyl (C=O) groups is 1. The minimum absolute atomic E-state index is 0.0551. The van der Waals surface area contributed by atoms with Gasteiger partial charge in [0.15, 0.2) is 5.78 Å². The van der Waals surface area contributed by atoms with Gasteiger partial charge >= 0.3 is 0 Å². The topological polar surface area (TPSA) is 60.6 Å². The minimum atomic E-state index is -0.640. The van der Waals surface area contributed by atoms with Crippen LogP contribution in [0.1, 0.15) is 61.8 Å². The number of carbonyl (C=O) groups excluding carboxylic acids is 1. The summed E-state index contributed by atoms with van der Waals surface area (Å²) in [5.74, 6) is 1.87. The van der Waals surface area contributed by atoms with E-state index < -0.39 is 5.41 Å². The highest BCUT2D eigenvalue weighted by Gasteiger charge is 2.47. The van der Waals surface area contributed by atoms with Crippen LogP contribution in [0, 0.1) is 27.7 Å². The normalized spacial score (nSPS) is 21.5. The van der Waals surface area contributed by atoms with Crippen LogP contribution in [0.15, 0.2) is 66.7 Å². The van der Waals surface area contributed by atoms with Crippen LogP contribution in [0.5, 0.6) is 11.5 Å². The van der Waals surface area contributed by atoms with E-state index in [9.17, 15) is 4.79 Å². The van der Waals surface area contributed by atoms with Crippen molar-refractivity contribution >= 4 is 5.78 Å². The van der Waals surface area contributed by atoms with Gasteiger partial charge in [0.05, 0.1) is 18.6 Å². The molecule has 5 heteroatoms. The number of fused-ring (bicyclic) bond motifs is 3. The van der Waals surface area contributed by atoms with Crippen molar-refractivity contribution in [2.75, 3.05) is 26.4 Å². The molecule has 2 atom stereocenters. The fourth-order valence-corrected chi connectivity index (χ4v) is 6.76. The molecule has 4 aromatic carbocycles. The molecular weight excluding hydrogens is 524 g/mol. The van der Waals surface area contributed by atoms with E-state index in [0.29, 0.717) is 18.8 Å². The summed E-state index contributed by atoms with van der Waals surface area (Å²) in [5, 5.41) is 0. The Hall–Kier alpha value is -3.93. The summed E-state index contributed by atoms with van der Waals surface area (Å²) in [6, 6.07) is 23.9. The van der Waals surface area contributed by atoms with Crippen LogP contribution in [-0.2, 0) is 14.9 Å². The van der Waals surface area contributed by atoms with Gasteiger partial charge in [0, 0.05) is 5.56 Å².